The van der Waals surface area contributed by atoms with Crippen LogP contribution < -0.4 is 5.32 Å². The monoisotopic (exact) mass is 397 g/mol. The number of thiophene rings is 1. The zero-order chi connectivity index (χ0) is 18.3. The van der Waals surface area contributed by atoms with Crippen molar-refractivity contribution in [1.29, 1.82) is 0 Å². The molecule has 1 aliphatic rings. The number of hydrogen-bond acceptors (Lipinski definition) is 9. The molecule has 1 saturated heterocycles. The van der Waals surface area contributed by atoms with E-state index in [-0.39, 0.29) is 0 Å². The van der Waals surface area contributed by atoms with Gasteiger partial charge in [0.2, 0.25) is 0 Å². The van der Waals surface area contributed by atoms with Gasteiger partial charge in [-0.2, -0.15) is 0 Å². The fourth-order valence-electron chi connectivity index (χ4n) is 2.89. The van der Waals surface area contributed by atoms with Gasteiger partial charge in [-0.05, 0) is 6.07 Å². The Hall–Kier alpha value is -1.82. The van der Waals surface area contributed by atoms with Crippen molar-refractivity contribution in [1.82, 2.24) is 19.5 Å². The van der Waals surface area contributed by atoms with Gasteiger partial charge in [-0.3, -0.25) is 4.57 Å². The van der Waals surface area contributed by atoms with Crippen LogP contribution in [0.5, 0.6) is 0 Å². The van der Waals surface area contributed by atoms with E-state index in [1.54, 1.807) is 0 Å². The molecule has 4 heterocycles. The van der Waals surface area contributed by atoms with Gasteiger partial charge in [0.25, 0.3) is 0 Å². The molecule has 138 valence electrons. The normalized spacial score (nSPS) is 25.8. The highest BCUT2D eigenvalue weighted by atomic mass is 35.5. The second-order valence-electron chi connectivity index (χ2n) is 5.86. The molecule has 1 aliphatic heterocycles. The van der Waals surface area contributed by atoms with Gasteiger partial charge in [0.05, 0.1) is 24.5 Å². The summed E-state index contributed by atoms with van der Waals surface area (Å²) in [6.45, 7) is 0.136. The first-order valence-electron chi connectivity index (χ1n) is 7.85. The smallest absolute Gasteiger partial charge is 0.167 e. The molecule has 0 unspecified atom stereocenters. The summed E-state index contributed by atoms with van der Waals surface area (Å²) in [6, 6.07) is 1.87. The van der Waals surface area contributed by atoms with Gasteiger partial charge in [-0.25, -0.2) is 15.0 Å². The molecule has 1 fully saturated rings. The van der Waals surface area contributed by atoms with Gasteiger partial charge >= 0.3 is 0 Å². The minimum absolute atomic E-state index is 0.396. The van der Waals surface area contributed by atoms with Crippen molar-refractivity contribution in [2.75, 3.05) is 11.9 Å². The number of nitrogens with zero attached hydrogens (tertiary/aromatic N) is 4. The maximum atomic E-state index is 10.2. The highest BCUT2D eigenvalue weighted by Crippen LogP contribution is 2.32. The third kappa shape index (κ3) is 3.04. The third-order valence-corrected chi connectivity index (χ3v) is 5.49. The number of imidazole rings is 1. The first-order valence-corrected chi connectivity index (χ1v) is 9.11. The average molecular weight is 398 g/mol. The predicted octanol–water partition coefficient (Wildman–Crippen LogP) is 0.765. The summed E-state index contributed by atoms with van der Waals surface area (Å²) in [5.41, 5.74) is 0.953. The van der Waals surface area contributed by atoms with E-state index in [1.807, 2.05) is 11.4 Å². The van der Waals surface area contributed by atoms with E-state index < -0.39 is 31.1 Å². The Morgan fingerprint density at radius 3 is 2.81 bits per heavy atom. The summed E-state index contributed by atoms with van der Waals surface area (Å²) in [4.78, 5) is 13.8. The zero-order valence-corrected chi connectivity index (χ0v) is 14.9. The highest BCUT2D eigenvalue weighted by molar-refractivity contribution is 7.10. The van der Waals surface area contributed by atoms with Crippen LogP contribution in [0.2, 0.25) is 5.02 Å². The average Bonchev–Trinajstić information content (AvgIpc) is 3.32. The first kappa shape index (κ1) is 17.6. The molecule has 9 nitrogen and oxygen atoms in total. The molecule has 4 N–H and O–H groups in total. The fraction of sp³-hybridized carbons (Fsp3) is 0.400. The predicted molar refractivity (Wildman–Crippen MR) is 95.0 cm³/mol. The second kappa shape index (κ2) is 7.06. The van der Waals surface area contributed by atoms with Gasteiger partial charge in [-0.15, -0.1) is 11.3 Å². The number of hydrogen-bond donors (Lipinski definition) is 4. The number of aliphatic hydroxyl groups is 3. The molecule has 4 rings (SSSR count). The molecular weight excluding hydrogens is 382 g/mol. The Kier molecular flexibility index (Phi) is 4.78. The van der Waals surface area contributed by atoms with Crippen molar-refractivity contribution in [3.8, 4) is 0 Å². The van der Waals surface area contributed by atoms with E-state index in [0.717, 1.165) is 4.88 Å². The SMILES string of the molecule is OC[C@H]1O[C@@H](n2cnc3c(NCc4cc(Cl)cs4)ncnc32)[C@H](O)[C@@H]1O. The number of fused-ring (bicyclic) bond motifs is 1. The lowest BCUT2D eigenvalue weighted by atomic mass is 10.1. The lowest BCUT2D eigenvalue weighted by Gasteiger charge is -2.16. The molecule has 0 saturated carbocycles. The van der Waals surface area contributed by atoms with Crippen molar-refractivity contribution in [2.45, 2.75) is 31.1 Å². The molecule has 26 heavy (non-hydrogen) atoms. The number of halogens is 1. The minimum Gasteiger partial charge on any atom is -0.394 e. The zero-order valence-electron chi connectivity index (χ0n) is 13.4. The van der Waals surface area contributed by atoms with Crippen molar-refractivity contribution in [2.24, 2.45) is 0 Å². The summed E-state index contributed by atoms with van der Waals surface area (Å²) >= 11 is 7.46. The molecular formula is C15H16ClN5O4S. The van der Waals surface area contributed by atoms with Crippen molar-refractivity contribution in [3.05, 3.63) is 34.0 Å². The Bertz CT molecular complexity index is 918. The van der Waals surface area contributed by atoms with Crippen LogP contribution >= 0.6 is 22.9 Å². The van der Waals surface area contributed by atoms with Crippen LogP contribution in [-0.4, -0.2) is 59.8 Å². The topological polar surface area (TPSA) is 126 Å². The highest BCUT2D eigenvalue weighted by Gasteiger charge is 2.44. The number of aliphatic hydroxyl groups excluding tert-OH is 3. The molecule has 0 radical (unpaired) electrons. The van der Waals surface area contributed by atoms with E-state index in [9.17, 15) is 15.3 Å². The number of ether oxygens (including phenoxy) is 1. The fourth-order valence-corrected chi connectivity index (χ4v) is 3.91. The maximum Gasteiger partial charge on any atom is 0.167 e. The van der Waals surface area contributed by atoms with Crippen molar-refractivity contribution >= 4 is 39.9 Å². The van der Waals surface area contributed by atoms with E-state index in [0.29, 0.717) is 28.5 Å². The molecule has 3 aromatic heterocycles. The van der Waals surface area contributed by atoms with Crippen LogP contribution in [0, 0.1) is 0 Å². The van der Waals surface area contributed by atoms with Crippen LogP contribution in [0.4, 0.5) is 5.82 Å². The summed E-state index contributed by atoms with van der Waals surface area (Å²) in [6.07, 6.45) is -1.31. The molecule has 0 bridgehead atoms. The second-order valence-corrected chi connectivity index (χ2v) is 7.29. The Labute approximate surface area is 156 Å². The van der Waals surface area contributed by atoms with Gasteiger partial charge in [0.15, 0.2) is 23.2 Å². The third-order valence-electron chi connectivity index (χ3n) is 4.20. The van der Waals surface area contributed by atoms with Crippen LogP contribution in [-0.2, 0) is 11.3 Å². The van der Waals surface area contributed by atoms with Crippen LogP contribution in [0.25, 0.3) is 11.2 Å². The van der Waals surface area contributed by atoms with Gasteiger partial charge < -0.3 is 25.4 Å². The maximum absolute atomic E-state index is 10.2. The van der Waals surface area contributed by atoms with Crippen molar-refractivity contribution in [3.63, 3.8) is 0 Å². The van der Waals surface area contributed by atoms with Gasteiger partial charge in [-0.1, -0.05) is 11.6 Å². The molecule has 0 amide bonds. The molecule has 4 atom stereocenters. The summed E-state index contributed by atoms with van der Waals surface area (Å²) in [7, 11) is 0. The molecule has 11 heteroatoms. The van der Waals surface area contributed by atoms with Crippen molar-refractivity contribution < 1.29 is 20.1 Å². The molecule has 0 aromatic carbocycles. The van der Waals surface area contributed by atoms with Gasteiger partial charge in [0.1, 0.15) is 24.6 Å². The number of anilines is 1. The number of aromatic nitrogens is 4. The Balaban J connectivity index is 1.61. The summed E-state index contributed by atoms with van der Waals surface area (Å²) in [5, 5.41) is 35.1. The molecule has 3 aromatic rings. The largest absolute Gasteiger partial charge is 0.394 e. The lowest BCUT2D eigenvalue weighted by molar-refractivity contribution is -0.0511. The Morgan fingerprint density at radius 2 is 2.12 bits per heavy atom. The van der Waals surface area contributed by atoms with Crippen LogP contribution in [0.15, 0.2) is 24.1 Å². The first-order chi connectivity index (χ1) is 12.6. The van der Waals surface area contributed by atoms with E-state index in [4.69, 9.17) is 16.3 Å². The van der Waals surface area contributed by atoms with E-state index in [1.165, 1.54) is 28.6 Å². The summed E-state index contributed by atoms with van der Waals surface area (Å²) < 4.78 is 7.06. The van der Waals surface area contributed by atoms with Gasteiger partial charge in [0, 0.05) is 10.3 Å². The number of nitrogens with one attached hydrogen (secondary N) is 1. The lowest BCUT2D eigenvalue weighted by Crippen LogP contribution is -2.33. The number of rotatable bonds is 5. The Morgan fingerprint density at radius 1 is 1.27 bits per heavy atom. The van der Waals surface area contributed by atoms with E-state index in [2.05, 4.69) is 20.3 Å². The van der Waals surface area contributed by atoms with Crippen LogP contribution in [0.1, 0.15) is 11.1 Å². The standard InChI is InChI=1S/C15H16ClN5O4S/c16-7-1-8(26-4-7)2-17-13-10-14(19-5-18-13)21(6-20-10)15-12(24)11(23)9(3-22)25-15/h1,4-6,9,11-12,15,22-24H,2-3H2,(H,17,18,19)/t9-,11-,12-,15-/m1/s1. The van der Waals surface area contributed by atoms with E-state index >= 15 is 0 Å². The summed E-state index contributed by atoms with van der Waals surface area (Å²) in [5.74, 6) is 0.532. The molecule has 0 spiro atoms. The quantitative estimate of drug-likeness (QED) is 0.497. The molecule has 0 aliphatic carbocycles. The van der Waals surface area contributed by atoms with Crippen LogP contribution in [0.3, 0.4) is 0 Å². The minimum atomic E-state index is -1.20.